The fourth-order valence-electron chi connectivity index (χ4n) is 5.26. The van der Waals surface area contributed by atoms with Gasteiger partial charge < -0.3 is 5.32 Å². The average Bonchev–Trinajstić information content (AvgIpc) is 2.44. The zero-order valence-corrected chi connectivity index (χ0v) is 15.7. The monoisotopic (exact) mass is 334 g/mol. The Labute approximate surface area is 145 Å². The van der Waals surface area contributed by atoms with Crippen LogP contribution in [0.2, 0.25) is 0 Å². The minimum absolute atomic E-state index is 0.0310. The lowest BCUT2D eigenvalue weighted by molar-refractivity contribution is -0.122. The van der Waals surface area contributed by atoms with Crippen LogP contribution in [-0.4, -0.2) is 21.4 Å². The minimum atomic E-state index is -0.770. The second-order valence-corrected chi connectivity index (χ2v) is 10.6. The summed E-state index contributed by atoms with van der Waals surface area (Å²) in [5, 5.41) is 12.3. The molecule has 0 aliphatic heterocycles. The summed E-state index contributed by atoms with van der Waals surface area (Å²) in [4.78, 5) is 12.7. The molecule has 4 heteroatoms. The molecule has 4 aliphatic rings. The second-order valence-electron chi connectivity index (χ2n) is 8.82. The molecule has 0 aromatic rings. The maximum atomic E-state index is 12.7. The van der Waals surface area contributed by atoms with E-state index in [1.165, 1.54) is 38.5 Å². The highest BCUT2D eigenvalue weighted by Gasteiger charge is 2.52. The number of amides is 1. The zero-order chi connectivity index (χ0) is 16.8. The van der Waals surface area contributed by atoms with Crippen LogP contribution >= 0.6 is 11.8 Å². The lowest BCUT2D eigenvalue weighted by Gasteiger charge is -2.57. The number of hydrogen-bond acceptors (Lipinski definition) is 3. The van der Waals surface area contributed by atoms with E-state index in [4.69, 9.17) is 0 Å². The molecular formula is C19H30N2OS. The van der Waals surface area contributed by atoms with Gasteiger partial charge in [0.25, 0.3) is 0 Å². The van der Waals surface area contributed by atoms with Gasteiger partial charge in [0.2, 0.25) is 5.91 Å². The molecule has 128 valence electrons. The standard InChI is InChI=1S/C19H30N2OS/c1-12(2)18(4,11-20)21-17(22)13(3)23-19-8-14-5-15(9-19)7-16(6-14)10-19/h12-16H,5-10H2,1-4H3,(H,21,22)/t13-,14?,15?,16?,18-,19?/m1/s1. The highest BCUT2D eigenvalue weighted by molar-refractivity contribution is 8.01. The third-order valence-electron chi connectivity index (χ3n) is 6.55. The number of nitrogens with zero attached hydrogens (tertiary/aromatic N) is 1. The van der Waals surface area contributed by atoms with E-state index >= 15 is 0 Å². The highest BCUT2D eigenvalue weighted by atomic mass is 32.2. The second kappa shape index (κ2) is 5.99. The number of carbonyl (C=O) groups excluding carboxylic acids is 1. The molecule has 23 heavy (non-hydrogen) atoms. The first-order valence-electron chi connectivity index (χ1n) is 9.16. The quantitative estimate of drug-likeness (QED) is 0.822. The fraction of sp³-hybridized carbons (Fsp3) is 0.895. The van der Waals surface area contributed by atoms with Crippen molar-refractivity contribution in [2.24, 2.45) is 23.7 Å². The van der Waals surface area contributed by atoms with Gasteiger partial charge in [0, 0.05) is 4.75 Å². The Morgan fingerprint density at radius 3 is 2.04 bits per heavy atom. The molecule has 0 unspecified atom stereocenters. The molecule has 3 nitrogen and oxygen atoms in total. The molecule has 4 rings (SSSR count). The lowest BCUT2D eigenvalue weighted by atomic mass is 9.56. The Morgan fingerprint density at radius 2 is 1.65 bits per heavy atom. The van der Waals surface area contributed by atoms with E-state index in [0.29, 0.717) is 4.75 Å². The molecule has 2 atom stereocenters. The van der Waals surface area contributed by atoms with Crippen LogP contribution in [0, 0.1) is 35.0 Å². The van der Waals surface area contributed by atoms with Crippen molar-refractivity contribution in [3.63, 3.8) is 0 Å². The molecule has 1 N–H and O–H groups in total. The summed E-state index contributed by atoms with van der Waals surface area (Å²) >= 11 is 1.91. The number of nitrogens with one attached hydrogen (secondary N) is 1. The van der Waals surface area contributed by atoms with Crippen LogP contribution in [0.15, 0.2) is 0 Å². The Balaban J connectivity index is 1.64. The zero-order valence-electron chi connectivity index (χ0n) is 14.9. The van der Waals surface area contributed by atoms with Crippen LogP contribution in [0.4, 0.5) is 0 Å². The van der Waals surface area contributed by atoms with Gasteiger partial charge in [-0.05, 0) is 76.0 Å². The normalized spacial score (nSPS) is 38.9. The predicted octanol–water partition coefficient (Wildman–Crippen LogP) is 4.13. The molecule has 1 amide bonds. The molecule has 0 heterocycles. The molecule has 4 fully saturated rings. The van der Waals surface area contributed by atoms with Gasteiger partial charge in [0.15, 0.2) is 0 Å². The first-order valence-corrected chi connectivity index (χ1v) is 10.0. The van der Waals surface area contributed by atoms with Crippen molar-refractivity contribution in [2.45, 2.75) is 81.8 Å². The predicted molar refractivity (Wildman–Crippen MR) is 95.0 cm³/mol. The van der Waals surface area contributed by atoms with Gasteiger partial charge in [-0.1, -0.05) is 13.8 Å². The Bertz CT molecular complexity index is 489. The van der Waals surface area contributed by atoms with Crippen molar-refractivity contribution in [2.75, 3.05) is 0 Å². The average molecular weight is 335 g/mol. The number of nitriles is 1. The summed E-state index contributed by atoms with van der Waals surface area (Å²) in [5.41, 5.74) is -0.770. The minimum Gasteiger partial charge on any atom is -0.337 e. The van der Waals surface area contributed by atoms with E-state index in [2.05, 4.69) is 11.4 Å². The van der Waals surface area contributed by atoms with Crippen LogP contribution in [0.1, 0.15) is 66.2 Å². The van der Waals surface area contributed by atoms with Crippen LogP contribution in [0.5, 0.6) is 0 Å². The van der Waals surface area contributed by atoms with Gasteiger partial charge in [0.1, 0.15) is 5.54 Å². The Hall–Kier alpha value is -0.690. The molecular weight excluding hydrogens is 304 g/mol. The molecule has 0 aromatic heterocycles. The maximum Gasteiger partial charge on any atom is 0.234 e. The number of rotatable bonds is 5. The maximum absolute atomic E-state index is 12.7. The molecule has 0 radical (unpaired) electrons. The third-order valence-corrected chi connectivity index (χ3v) is 8.12. The van der Waals surface area contributed by atoms with Crippen LogP contribution < -0.4 is 5.32 Å². The van der Waals surface area contributed by atoms with Gasteiger partial charge in [-0.2, -0.15) is 5.26 Å². The molecule has 4 aliphatic carbocycles. The van der Waals surface area contributed by atoms with Crippen LogP contribution in [0.3, 0.4) is 0 Å². The van der Waals surface area contributed by atoms with Crippen molar-refractivity contribution in [1.82, 2.24) is 5.32 Å². The summed E-state index contributed by atoms with van der Waals surface area (Å²) < 4.78 is 0.340. The number of thioether (sulfide) groups is 1. The SMILES string of the molecule is CC(C)[C@@](C)(C#N)NC(=O)[C@@H](C)SC12CC3CC(CC(C3)C1)C2. The van der Waals surface area contributed by atoms with E-state index in [9.17, 15) is 10.1 Å². The van der Waals surface area contributed by atoms with Gasteiger partial charge in [-0.15, -0.1) is 11.8 Å². The van der Waals surface area contributed by atoms with Gasteiger partial charge in [-0.25, -0.2) is 0 Å². The van der Waals surface area contributed by atoms with Gasteiger partial charge in [0.05, 0.1) is 11.3 Å². The molecule has 0 spiro atoms. The lowest BCUT2D eigenvalue weighted by Crippen LogP contribution is -2.53. The van der Waals surface area contributed by atoms with E-state index in [1.54, 1.807) is 0 Å². The smallest absolute Gasteiger partial charge is 0.234 e. The number of hydrogen-bond donors (Lipinski definition) is 1. The van der Waals surface area contributed by atoms with Gasteiger partial charge in [-0.3, -0.25) is 4.79 Å². The summed E-state index contributed by atoms with van der Waals surface area (Å²) in [5.74, 6) is 2.86. The largest absolute Gasteiger partial charge is 0.337 e. The first-order chi connectivity index (χ1) is 10.8. The molecule has 4 bridgehead atoms. The van der Waals surface area contributed by atoms with Crippen molar-refractivity contribution in [1.29, 1.82) is 5.26 Å². The fourth-order valence-corrected chi connectivity index (χ4v) is 7.17. The van der Waals surface area contributed by atoms with Crippen LogP contribution in [0.25, 0.3) is 0 Å². The van der Waals surface area contributed by atoms with E-state index in [1.807, 2.05) is 39.5 Å². The van der Waals surface area contributed by atoms with Crippen molar-refractivity contribution < 1.29 is 4.79 Å². The van der Waals surface area contributed by atoms with Crippen molar-refractivity contribution >= 4 is 17.7 Å². The van der Waals surface area contributed by atoms with Crippen molar-refractivity contribution in [3.05, 3.63) is 0 Å². The van der Waals surface area contributed by atoms with Crippen LogP contribution in [-0.2, 0) is 4.79 Å². The third kappa shape index (κ3) is 3.27. The van der Waals surface area contributed by atoms with Gasteiger partial charge >= 0.3 is 0 Å². The summed E-state index contributed by atoms with van der Waals surface area (Å²) in [6.07, 6.45) is 8.21. The molecule has 0 aromatic carbocycles. The Morgan fingerprint density at radius 1 is 1.17 bits per heavy atom. The first kappa shape index (κ1) is 17.1. The van der Waals surface area contributed by atoms with E-state index in [0.717, 1.165) is 17.8 Å². The molecule has 0 saturated heterocycles. The highest BCUT2D eigenvalue weighted by Crippen LogP contribution is 2.61. The summed E-state index contributed by atoms with van der Waals surface area (Å²) in [6.45, 7) is 7.83. The van der Waals surface area contributed by atoms with Crippen molar-refractivity contribution in [3.8, 4) is 6.07 Å². The summed E-state index contributed by atoms with van der Waals surface area (Å²) in [6, 6.07) is 2.28. The summed E-state index contributed by atoms with van der Waals surface area (Å²) in [7, 11) is 0. The topological polar surface area (TPSA) is 52.9 Å². The Kier molecular flexibility index (Phi) is 4.46. The number of carbonyl (C=O) groups is 1. The van der Waals surface area contributed by atoms with E-state index < -0.39 is 5.54 Å². The van der Waals surface area contributed by atoms with E-state index in [-0.39, 0.29) is 17.1 Å². The molecule has 4 saturated carbocycles.